The Hall–Kier alpha value is -1.11. The number of aryl methyl sites for hydroxylation is 1. The second kappa shape index (κ2) is 5.03. The normalized spacial score (nSPS) is 10.9. The first kappa shape index (κ1) is 12.3. The van der Waals surface area contributed by atoms with Crippen molar-refractivity contribution in [2.75, 3.05) is 0 Å². The first-order valence-electron chi connectivity index (χ1n) is 5.56. The molecular formula is C12H13IN2O2. The number of halogens is 1. The highest BCUT2D eigenvalue weighted by atomic mass is 127. The number of aromatic amines is 2. The van der Waals surface area contributed by atoms with Gasteiger partial charge in [-0.05, 0) is 41.5 Å². The van der Waals surface area contributed by atoms with Crippen molar-refractivity contribution in [2.45, 2.75) is 26.2 Å². The number of rotatable bonds is 3. The van der Waals surface area contributed by atoms with Gasteiger partial charge in [0.1, 0.15) is 0 Å². The van der Waals surface area contributed by atoms with Gasteiger partial charge in [0.15, 0.2) is 0 Å². The van der Waals surface area contributed by atoms with Crippen molar-refractivity contribution in [3.8, 4) is 0 Å². The molecule has 0 saturated carbocycles. The molecule has 2 rings (SSSR count). The third-order valence-electron chi connectivity index (χ3n) is 2.73. The summed E-state index contributed by atoms with van der Waals surface area (Å²) < 4.78 is 0.844. The van der Waals surface area contributed by atoms with Crippen LogP contribution in [0.5, 0.6) is 0 Å². The van der Waals surface area contributed by atoms with E-state index in [1.54, 1.807) is 12.3 Å². The Morgan fingerprint density at radius 3 is 2.76 bits per heavy atom. The summed E-state index contributed by atoms with van der Waals surface area (Å²) in [7, 11) is 0. The van der Waals surface area contributed by atoms with Crippen LogP contribution in [0.4, 0.5) is 0 Å². The minimum Gasteiger partial charge on any atom is -0.327 e. The van der Waals surface area contributed by atoms with Crippen LogP contribution in [0.1, 0.15) is 25.3 Å². The summed E-state index contributed by atoms with van der Waals surface area (Å²) in [5.41, 5.74) is 1.07. The second-order valence-electron chi connectivity index (χ2n) is 3.98. The van der Waals surface area contributed by atoms with Crippen LogP contribution in [0.15, 0.2) is 21.9 Å². The molecule has 90 valence electrons. The monoisotopic (exact) mass is 344 g/mol. The van der Waals surface area contributed by atoms with Crippen LogP contribution < -0.4 is 11.1 Å². The van der Waals surface area contributed by atoms with Crippen LogP contribution in [0.25, 0.3) is 10.9 Å². The van der Waals surface area contributed by atoms with Crippen molar-refractivity contribution in [1.29, 1.82) is 0 Å². The van der Waals surface area contributed by atoms with Gasteiger partial charge in [0.2, 0.25) is 0 Å². The van der Waals surface area contributed by atoms with Crippen molar-refractivity contribution in [1.82, 2.24) is 9.97 Å². The number of hydrogen-bond donors (Lipinski definition) is 2. The largest absolute Gasteiger partial charge is 0.327 e. The first-order chi connectivity index (χ1) is 8.13. The Balaban J connectivity index is 2.67. The molecule has 0 aliphatic heterocycles. The van der Waals surface area contributed by atoms with Gasteiger partial charge in [-0.2, -0.15) is 0 Å². The number of nitrogens with one attached hydrogen (secondary N) is 2. The van der Waals surface area contributed by atoms with Gasteiger partial charge in [-0.25, -0.2) is 0 Å². The summed E-state index contributed by atoms with van der Waals surface area (Å²) in [5, 5.41) is 0.558. The zero-order chi connectivity index (χ0) is 12.4. The van der Waals surface area contributed by atoms with E-state index in [1.807, 2.05) is 0 Å². The van der Waals surface area contributed by atoms with E-state index in [4.69, 9.17) is 0 Å². The predicted molar refractivity (Wildman–Crippen MR) is 76.5 cm³/mol. The van der Waals surface area contributed by atoms with E-state index in [1.165, 1.54) is 0 Å². The van der Waals surface area contributed by atoms with E-state index in [-0.39, 0.29) is 11.1 Å². The minimum absolute atomic E-state index is 0.0885. The highest BCUT2D eigenvalue weighted by molar-refractivity contribution is 14.1. The van der Waals surface area contributed by atoms with Gasteiger partial charge in [0, 0.05) is 11.8 Å². The van der Waals surface area contributed by atoms with Gasteiger partial charge in [-0.1, -0.05) is 13.3 Å². The number of H-pyrrole nitrogens is 2. The minimum atomic E-state index is -0.158. The van der Waals surface area contributed by atoms with Gasteiger partial charge >= 0.3 is 0 Å². The van der Waals surface area contributed by atoms with Crippen LogP contribution in [0, 0.1) is 3.57 Å². The van der Waals surface area contributed by atoms with Gasteiger partial charge in [0.05, 0.1) is 14.5 Å². The Labute approximate surface area is 112 Å². The molecule has 0 atom stereocenters. The third-order valence-corrected chi connectivity index (χ3v) is 3.58. The zero-order valence-corrected chi connectivity index (χ0v) is 11.6. The van der Waals surface area contributed by atoms with E-state index in [2.05, 4.69) is 39.5 Å². The summed E-state index contributed by atoms with van der Waals surface area (Å²) in [6, 6.07) is 1.71. The fourth-order valence-corrected chi connectivity index (χ4v) is 2.35. The lowest BCUT2D eigenvalue weighted by Gasteiger charge is -2.03. The SMILES string of the molecule is CCCCc1cc2c(=O)[nH]cc(I)c2[nH]c1=O. The molecule has 2 aromatic rings. The molecule has 2 aromatic heterocycles. The molecular weight excluding hydrogens is 331 g/mol. The molecule has 17 heavy (non-hydrogen) atoms. The fraction of sp³-hybridized carbons (Fsp3) is 0.333. The lowest BCUT2D eigenvalue weighted by Crippen LogP contribution is -2.17. The molecule has 0 amide bonds. The quantitative estimate of drug-likeness (QED) is 0.838. The smallest absolute Gasteiger partial charge is 0.257 e. The van der Waals surface area contributed by atoms with Crippen molar-refractivity contribution < 1.29 is 0 Å². The molecule has 2 heterocycles. The van der Waals surface area contributed by atoms with Crippen LogP contribution in [0.2, 0.25) is 0 Å². The summed E-state index contributed by atoms with van der Waals surface area (Å²) in [4.78, 5) is 29.0. The highest BCUT2D eigenvalue weighted by Crippen LogP contribution is 2.13. The summed E-state index contributed by atoms with van der Waals surface area (Å²) >= 11 is 2.09. The average molecular weight is 344 g/mol. The molecule has 0 unspecified atom stereocenters. The predicted octanol–water partition coefficient (Wildman–Crippen LogP) is 2.16. The molecule has 0 spiro atoms. The van der Waals surface area contributed by atoms with Gasteiger partial charge in [-0.15, -0.1) is 0 Å². The van der Waals surface area contributed by atoms with Crippen molar-refractivity contribution in [2.24, 2.45) is 0 Å². The number of aromatic nitrogens is 2. The van der Waals surface area contributed by atoms with Crippen molar-refractivity contribution >= 4 is 33.5 Å². The molecule has 2 N–H and O–H groups in total. The highest BCUT2D eigenvalue weighted by Gasteiger charge is 2.07. The fourth-order valence-electron chi connectivity index (χ4n) is 1.77. The van der Waals surface area contributed by atoms with Crippen LogP contribution in [0.3, 0.4) is 0 Å². The maximum absolute atomic E-state index is 11.8. The Morgan fingerprint density at radius 1 is 1.29 bits per heavy atom. The van der Waals surface area contributed by atoms with E-state index in [0.29, 0.717) is 22.9 Å². The Kier molecular flexibility index (Phi) is 3.66. The molecule has 0 aliphatic rings. The number of pyridine rings is 2. The molecule has 5 heteroatoms. The maximum Gasteiger partial charge on any atom is 0.257 e. The van der Waals surface area contributed by atoms with E-state index in [0.717, 1.165) is 16.4 Å². The number of fused-ring (bicyclic) bond motifs is 1. The number of hydrogen-bond acceptors (Lipinski definition) is 2. The van der Waals surface area contributed by atoms with Crippen LogP contribution in [-0.4, -0.2) is 9.97 Å². The van der Waals surface area contributed by atoms with Gasteiger partial charge in [0.25, 0.3) is 11.1 Å². The number of unbranched alkanes of at least 4 members (excludes halogenated alkanes) is 1. The molecule has 0 radical (unpaired) electrons. The average Bonchev–Trinajstić information content (AvgIpc) is 2.32. The van der Waals surface area contributed by atoms with Gasteiger partial charge in [-0.3, -0.25) is 9.59 Å². The molecule has 0 aliphatic carbocycles. The Bertz CT molecular complexity index is 658. The summed E-state index contributed by atoms with van der Waals surface area (Å²) in [6.45, 7) is 2.07. The topological polar surface area (TPSA) is 65.7 Å². The van der Waals surface area contributed by atoms with Crippen LogP contribution in [-0.2, 0) is 6.42 Å². The summed E-state index contributed by atoms with van der Waals surface area (Å²) in [5.74, 6) is 0. The van der Waals surface area contributed by atoms with Crippen molar-refractivity contribution in [3.05, 3.63) is 42.1 Å². The molecule has 0 bridgehead atoms. The first-order valence-corrected chi connectivity index (χ1v) is 6.64. The van der Waals surface area contributed by atoms with E-state index < -0.39 is 0 Å². The van der Waals surface area contributed by atoms with Crippen molar-refractivity contribution in [3.63, 3.8) is 0 Å². The Morgan fingerprint density at radius 2 is 2.06 bits per heavy atom. The zero-order valence-electron chi connectivity index (χ0n) is 9.47. The third kappa shape index (κ3) is 2.43. The molecule has 0 fully saturated rings. The lowest BCUT2D eigenvalue weighted by molar-refractivity contribution is 0.788. The standard InChI is InChI=1S/C12H13IN2O2/c1-2-3-4-7-5-8-10(15-11(7)16)9(13)6-14-12(8)17/h5-6H,2-4H2,1H3,(H,14,17)(H,15,16). The summed E-state index contributed by atoms with van der Waals surface area (Å²) in [6.07, 6.45) is 4.30. The second-order valence-corrected chi connectivity index (χ2v) is 5.14. The molecule has 0 saturated heterocycles. The van der Waals surface area contributed by atoms with Crippen LogP contribution >= 0.6 is 22.6 Å². The molecule has 0 aromatic carbocycles. The van der Waals surface area contributed by atoms with Gasteiger partial charge < -0.3 is 9.97 Å². The van der Waals surface area contributed by atoms with E-state index in [9.17, 15) is 9.59 Å². The maximum atomic E-state index is 11.8. The molecule has 4 nitrogen and oxygen atoms in total. The lowest BCUT2D eigenvalue weighted by atomic mass is 10.1. The van der Waals surface area contributed by atoms with E-state index >= 15 is 0 Å².